The lowest BCUT2D eigenvalue weighted by Gasteiger charge is -2.32. The minimum absolute atomic E-state index is 0.0157. The number of carbonyl (C=O) groups excluding carboxylic acids is 5. The number of benzene rings is 2. The smallest absolute Gasteiger partial charge is 0.326 e. The number of aromatic nitrogens is 1. The first kappa shape index (κ1) is 48.0. The number of H-pyrrole nitrogens is 1. The number of carboxylic acids is 1. The summed E-state index contributed by atoms with van der Waals surface area (Å²) in [5, 5.41) is 22.1. The van der Waals surface area contributed by atoms with Gasteiger partial charge in [0, 0.05) is 36.6 Å². The van der Waals surface area contributed by atoms with E-state index in [2.05, 4.69) is 31.2 Å². The van der Waals surface area contributed by atoms with Crippen molar-refractivity contribution in [3.8, 4) is 0 Å². The van der Waals surface area contributed by atoms with Gasteiger partial charge < -0.3 is 59.2 Å². The summed E-state index contributed by atoms with van der Waals surface area (Å²) in [4.78, 5) is 91.2. The summed E-state index contributed by atoms with van der Waals surface area (Å²) in [6, 6.07) is 10.4. The lowest BCUT2D eigenvalue weighted by Crippen LogP contribution is -2.59. The Bertz CT molecular complexity index is 2030. The summed E-state index contributed by atoms with van der Waals surface area (Å²) in [7, 11) is 0. The second-order valence-corrected chi connectivity index (χ2v) is 16.8. The van der Waals surface area contributed by atoms with E-state index in [1.54, 1.807) is 6.20 Å². The van der Waals surface area contributed by atoms with Crippen molar-refractivity contribution in [2.45, 2.75) is 126 Å². The lowest BCUT2D eigenvalue weighted by molar-refractivity contribution is -0.143. The number of rotatable bonds is 23. The number of carboxylic acid groups (broad SMARTS) is 1. The number of likely N-dealkylation sites (tertiary alicyclic amines) is 1. The molecule has 14 N–H and O–H groups in total. The lowest BCUT2D eigenvalue weighted by atomic mass is 9.84. The number of carbonyl (C=O) groups is 6. The fourth-order valence-electron chi connectivity index (χ4n) is 8.61. The van der Waals surface area contributed by atoms with Crippen LogP contribution < -0.4 is 44.2 Å². The molecule has 2 heterocycles. The first-order valence-electron chi connectivity index (χ1n) is 22.2. The molecule has 3 aromatic rings. The third-order valence-electron chi connectivity index (χ3n) is 12.0. The fraction of sp³-hybridized carbons (Fsp3) is 0.533. The van der Waals surface area contributed by atoms with E-state index in [9.17, 15) is 33.9 Å². The Balaban J connectivity index is 1.34. The second kappa shape index (κ2) is 24.0. The van der Waals surface area contributed by atoms with Crippen molar-refractivity contribution in [2.24, 2.45) is 33.8 Å². The molecule has 63 heavy (non-hydrogen) atoms. The van der Waals surface area contributed by atoms with Gasteiger partial charge in [-0.15, -0.1) is 0 Å². The molecule has 0 bridgehead atoms. The van der Waals surface area contributed by atoms with Crippen LogP contribution in [0.5, 0.6) is 0 Å². The third-order valence-corrected chi connectivity index (χ3v) is 12.0. The van der Waals surface area contributed by atoms with Crippen LogP contribution in [0.15, 0.2) is 65.8 Å². The van der Waals surface area contributed by atoms with Crippen molar-refractivity contribution in [1.82, 2.24) is 31.2 Å². The molecule has 2 aliphatic rings. The number of guanidine groups is 1. The minimum Gasteiger partial charge on any atom is -0.480 e. The molecule has 1 aliphatic heterocycles. The van der Waals surface area contributed by atoms with Gasteiger partial charge in [-0.25, -0.2) is 4.79 Å². The van der Waals surface area contributed by atoms with Crippen LogP contribution in [0.3, 0.4) is 0 Å². The highest BCUT2D eigenvalue weighted by Gasteiger charge is 2.40. The first-order chi connectivity index (χ1) is 30.3. The highest BCUT2D eigenvalue weighted by atomic mass is 16.4. The summed E-state index contributed by atoms with van der Waals surface area (Å²) in [5.41, 5.74) is 25.3. The Morgan fingerprint density at radius 2 is 1.43 bits per heavy atom. The number of nitrogens with two attached hydrogens (primary N) is 4. The zero-order valence-electron chi connectivity index (χ0n) is 35.9. The maximum atomic E-state index is 14.5. The van der Waals surface area contributed by atoms with Crippen molar-refractivity contribution in [3.05, 3.63) is 71.9 Å². The largest absolute Gasteiger partial charge is 0.480 e. The zero-order valence-corrected chi connectivity index (χ0v) is 35.9. The predicted octanol–water partition coefficient (Wildman–Crippen LogP) is 1.06. The molecule has 1 aromatic heterocycles. The van der Waals surface area contributed by atoms with Gasteiger partial charge in [0.25, 0.3) is 0 Å². The molecule has 18 heteroatoms. The molecule has 2 aromatic carbocycles. The number of aliphatic imine (C=N–C) groups is 1. The monoisotopic (exact) mass is 872 g/mol. The standard InChI is InChI=1S/C45H65N11O7/c46-21-9-18-34(52-39(57)32(47)24-28-12-3-1-4-13-28)43(61)56-23-11-20-38(56)42(60)55-36(25-29-14-5-2-6-15-29)40(58)54-37(26-30-27-51-33-17-8-7-16-31(30)33)41(59)53-35(44(62)63)19-10-22-50-45(48)49/h1,3-4,7-8,12-13,16-17,27,29,32,34-38,51H,2,5-6,9-11,14-15,18-26,46-47H2,(H,52,57)(H,53,59)(H,54,58)(H,55,60)(H,62,63)(H4,48,49,50)/t32-,34-,35+,36?,37-,38-/m0/s1. The van der Waals surface area contributed by atoms with Gasteiger partial charge in [-0.05, 0) is 81.0 Å². The molecule has 2 fully saturated rings. The molecule has 1 unspecified atom stereocenters. The van der Waals surface area contributed by atoms with Gasteiger partial charge in [0.05, 0.1) is 6.04 Å². The molecule has 342 valence electrons. The molecular weight excluding hydrogens is 807 g/mol. The van der Waals surface area contributed by atoms with Crippen LogP contribution in [0.4, 0.5) is 0 Å². The van der Waals surface area contributed by atoms with Crippen molar-refractivity contribution in [1.29, 1.82) is 0 Å². The number of nitrogens with one attached hydrogen (secondary N) is 5. The van der Waals surface area contributed by atoms with Gasteiger partial charge in [-0.3, -0.25) is 29.0 Å². The summed E-state index contributed by atoms with van der Waals surface area (Å²) >= 11 is 0. The van der Waals surface area contributed by atoms with Crippen LogP contribution in [0.25, 0.3) is 10.9 Å². The molecule has 1 saturated carbocycles. The Labute approximate surface area is 368 Å². The summed E-state index contributed by atoms with van der Waals surface area (Å²) in [6.07, 6.45) is 8.94. The predicted molar refractivity (Wildman–Crippen MR) is 240 cm³/mol. The number of nitrogens with zero attached hydrogens (tertiary/aromatic N) is 2. The Hall–Kier alpha value is -6.01. The molecule has 18 nitrogen and oxygen atoms in total. The molecule has 0 spiro atoms. The highest BCUT2D eigenvalue weighted by molar-refractivity contribution is 5.97. The van der Waals surface area contributed by atoms with E-state index in [4.69, 9.17) is 22.9 Å². The van der Waals surface area contributed by atoms with Crippen molar-refractivity contribution < 1.29 is 33.9 Å². The number of hydrogen-bond donors (Lipinski definition) is 10. The Morgan fingerprint density at radius 3 is 2.14 bits per heavy atom. The van der Waals surface area contributed by atoms with Gasteiger partial charge in [-0.2, -0.15) is 0 Å². The van der Waals surface area contributed by atoms with E-state index in [0.29, 0.717) is 25.7 Å². The van der Waals surface area contributed by atoms with Crippen LogP contribution in [-0.4, -0.2) is 112 Å². The maximum absolute atomic E-state index is 14.5. The van der Waals surface area contributed by atoms with Gasteiger partial charge in [0.15, 0.2) is 5.96 Å². The van der Waals surface area contributed by atoms with E-state index < -0.39 is 71.8 Å². The zero-order chi connectivity index (χ0) is 45.3. The Kier molecular flexibility index (Phi) is 18.3. The minimum atomic E-state index is -1.30. The fourth-order valence-corrected chi connectivity index (χ4v) is 8.61. The van der Waals surface area contributed by atoms with Gasteiger partial charge in [-0.1, -0.05) is 80.6 Å². The van der Waals surface area contributed by atoms with Crippen LogP contribution in [0.1, 0.15) is 88.2 Å². The third kappa shape index (κ3) is 14.3. The van der Waals surface area contributed by atoms with Crippen LogP contribution >= 0.6 is 0 Å². The molecule has 1 aliphatic carbocycles. The normalized spacial score (nSPS) is 17.7. The summed E-state index contributed by atoms with van der Waals surface area (Å²) < 4.78 is 0. The number of amides is 5. The Morgan fingerprint density at radius 1 is 0.762 bits per heavy atom. The van der Waals surface area contributed by atoms with E-state index in [1.165, 1.54) is 4.90 Å². The number of para-hydroxylation sites is 1. The second-order valence-electron chi connectivity index (χ2n) is 16.8. The number of aromatic amines is 1. The average Bonchev–Trinajstić information content (AvgIpc) is 3.94. The number of fused-ring (bicyclic) bond motifs is 1. The average molecular weight is 872 g/mol. The number of aliphatic carboxylic acids is 1. The van der Waals surface area contributed by atoms with Gasteiger partial charge in [0.2, 0.25) is 29.5 Å². The van der Waals surface area contributed by atoms with Crippen LogP contribution in [0, 0.1) is 5.92 Å². The molecule has 1 saturated heterocycles. The van der Waals surface area contributed by atoms with Crippen molar-refractivity contribution >= 4 is 52.4 Å². The van der Waals surface area contributed by atoms with Gasteiger partial charge in [0.1, 0.15) is 30.2 Å². The first-order valence-corrected chi connectivity index (χ1v) is 22.2. The molecule has 6 atom stereocenters. The van der Waals surface area contributed by atoms with E-state index in [-0.39, 0.29) is 63.6 Å². The number of hydrogen-bond acceptors (Lipinski definition) is 9. The maximum Gasteiger partial charge on any atom is 0.326 e. The van der Waals surface area contributed by atoms with E-state index >= 15 is 0 Å². The highest BCUT2D eigenvalue weighted by Crippen LogP contribution is 2.28. The van der Waals surface area contributed by atoms with Gasteiger partial charge >= 0.3 is 5.97 Å². The van der Waals surface area contributed by atoms with Crippen molar-refractivity contribution in [3.63, 3.8) is 0 Å². The molecule has 5 amide bonds. The van der Waals surface area contributed by atoms with E-state index in [1.807, 2.05) is 54.6 Å². The molecule has 0 radical (unpaired) electrons. The van der Waals surface area contributed by atoms with Crippen LogP contribution in [0.2, 0.25) is 0 Å². The quantitative estimate of drug-likeness (QED) is 0.0365. The summed E-state index contributed by atoms with van der Waals surface area (Å²) in [5.74, 6) is -4.05. The van der Waals surface area contributed by atoms with Crippen LogP contribution in [-0.2, 0) is 41.6 Å². The molecular formula is C45H65N11O7. The SMILES string of the molecule is NCCC[C@H](NC(=O)[C@@H](N)Cc1ccccc1)C(=O)N1CCC[C@H]1C(=O)NC(CC1CCCCC1)C(=O)N[C@@H](Cc1c[nH]c2ccccc12)C(=O)N[C@H](CCCN=C(N)N)C(=O)O. The molecule has 5 rings (SSSR count). The van der Waals surface area contributed by atoms with Crippen molar-refractivity contribution in [2.75, 3.05) is 19.6 Å². The summed E-state index contributed by atoms with van der Waals surface area (Å²) in [6.45, 7) is 0.717. The topological polar surface area (TPSA) is 306 Å². The van der Waals surface area contributed by atoms with E-state index in [0.717, 1.165) is 54.1 Å².